The Kier molecular flexibility index (Phi) is 5.87. The summed E-state index contributed by atoms with van der Waals surface area (Å²) in [5.74, 6) is 0.0710. The molecule has 0 N–H and O–H groups in total. The average Bonchev–Trinajstić information content (AvgIpc) is 2.62. The van der Waals surface area contributed by atoms with Crippen LogP contribution >= 0.6 is 0 Å². The predicted octanol–water partition coefficient (Wildman–Crippen LogP) is 3.90. The summed E-state index contributed by atoms with van der Waals surface area (Å²) in [5, 5.41) is 2.56. The maximum atomic E-state index is 11.2. The summed E-state index contributed by atoms with van der Waals surface area (Å²) in [6.07, 6.45) is 2.21. The van der Waals surface area contributed by atoms with E-state index < -0.39 is 8.32 Å². The summed E-state index contributed by atoms with van der Waals surface area (Å²) in [7, 11) is -2.52. The number of rotatable bonds is 6. The number of hydrogen-bond donors (Lipinski definition) is 0. The Balaban J connectivity index is 2.01. The van der Waals surface area contributed by atoms with Gasteiger partial charge in [0.15, 0.2) is 0 Å². The lowest BCUT2D eigenvalue weighted by Crippen LogP contribution is -2.69. The van der Waals surface area contributed by atoms with Crippen molar-refractivity contribution in [1.29, 1.82) is 0 Å². The molecule has 2 aromatic carbocycles. The van der Waals surface area contributed by atoms with E-state index in [9.17, 15) is 4.79 Å². The molecular weight excluding hydrogens is 352 g/mol. The molecule has 1 aliphatic carbocycles. The molecule has 4 heteroatoms. The van der Waals surface area contributed by atoms with Crippen molar-refractivity contribution >= 4 is 24.7 Å². The van der Waals surface area contributed by atoms with Crippen molar-refractivity contribution in [2.24, 2.45) is 5.92 Å². The highest BCUT2D eigenvalue weighted by molar-refractivity contribution is 6.99. The molecular formula is C23H30O3Si. The zero-order valence-electron chi connectivity index (χ0n) is 16.8. The van der Waals surface area contributed by atoms with Crippen molar-refractivity contribution in [2.45, 2.75) is 51.7 Å². The van der Waals surface area contributed by atoms with Crippen molar-refractivity contribution in [1.82, 2.24) is 0 Å². The molecule has 0 heterocycles. The Morgan fingerprint density at radius 2 is 1.48 bits per heavy atom. The average molecular weight is 383 g/mol. The molecule has 1 aliphatic rings. The van der Waals surface area contributed by atoms with Gasteiger partial charge >= 0.3 is 5.97 Å². The minimum atomic E-state index is -2.52. The molecule has 1 fully saturated rings. The van der Waals surface area contributed by atoms with Gasteiger partial charge < -0.3 is 9.16 Å². The number of hydrogen-bond acceptors (Lipinski definition) is 3. The van der Waals surface area contributed by atoms with Gasteiger partial charge in [0.25, 0.3) is 8.32 Å². The van der Waals surface area contributed by atoms with Gasteiger partial charge in [-0.2, -0.15) is 0 Å². The lowest BCUT2D eigenvalue weighted by atomic mass is 9.83. The SMILES string of the molecule is CC(=O)OC[C@H]1CC[C@H]1O[Si](c1ccccc1)(c1ccccc1)C(C)(C)C. The van der Waals surface area contributed by atoms with Crippen molar-refractivity contribution in [3.8, 4) is 0 Å². The quantitative estimate of drug-likeness (QED) is 0.561. The molecule has 3 nitrogen and oxygen atoms in total. The minimum Gasteiger partial charge on any atom is -0.465 e. The van der Waals surface area contributed by atoms with Crippen LogP contribution in [0.3, 0.4) is 0 Å². The van der Waals surface area contributed by atoms with Crippen LogP contribution in [0, 0.1) is 5.92 Å². The van der Waals surface area contributed by atoms with E-state index in [2.05, 4.69) is 81.4 Å². The Hall–Kier alpha value is -1.91. The Morgan fingerprint density at radius 1 is 0.963 bits per heavy atom. The fourth-order valence-corrected chi connectivity index (χ4v) is 8.81. The number of carbonyl (C=O) groups excluding carboxylic acids is 1. The van der Waals surface area contributed by atoms with Crippen LogP contribution < -0.4 is 10.4 Å². The van der Waals surface area contributed by atoms with Crippen molar-refractivity contribution in [2.75, 3.05) is 6.61 Å². The first kappa shape index (κ1) is 19.8. The zero-order valence-corrected chi connectivity index (χ0v) is 17.8. The van der Waals surface area contributed by atoms with Crippen LogP contribution in [0.2, 0.25) is 5.04 Å². The summed E-state index contributed by atoms with van der Waals surface area (Å²) in [5.41, 5.74) is 0. The first-order chi connectivity index (χ1) is 12.8. The third-order valence-electron chi connectivity index (χ3n) is 5.59. The molecule has 1 saturated carbocycles. The van der Waals surface area contributed by atoms with Gasteiger partial charge in [0.1, 0.15) is 0 Å². The monoisotopic (exact) mass is 382 g/mol. The van der Waals surface area contributed by atoms with Gasteiger partial charge in [-0.1, -0.05) is 81.4 Å². The fraction of sp³-hybridized carbons (Fsp3) is 0.435. The smallest absolute Gasteiger partial charge is 0.302 e. The van der Waals surface area contributed by atoms with Crippen molar-refractivity contribution in [3.05, 3.63) is 60.7 Å². The Morgan fingerprint density at radius 3 is 1.85 bits per heavy atom. The van der Waals surface area contributed by atoms with Gasteiger partial charge in [0, 0.05) is 12.8 Å². The topological polar surface area (TPSA) is 35.5 Å². The van der Waals surface area contributed by atoms with Gasteiger partial charge in [-0.15, -0.1) is 0 Å². The number of benzene rings is 2. The summed E-state index contributed by atoms with van der Waals surface area (Å²) in [6.45, 7) is 8.80. The second kappa shape index (κ2) is 7.99. The molecule has 0 saturated heterocycles. The van der Waals surface area contributed by atoms with E-state index in [0.29, 0.717) is 6.61 Å². The first-order valence-electron chi connectivity index (χ1n) is 9.77. The highest BCUT2D eigenvalue weighted by atomic mass is 28.4. The molecule has 0 amide bonds. The van der Waals surface area contributed by atoms with E-state index in [-0.39, 0.29) is 23.0 Å². The lowest BCUT2D eigenvalue weighted by Gasteiger charge is -2.49. The van der Waals surface area contributed by atoms with Crippen LogP contribution in [-0.2, 0) is 14.0 Å². The highest BCUT2D eigenvalue weighted by Gasteiger charge is 2.53. The number of ether oxygens (including phenoxy) is 1. The van der Waals surface area contributed by atoms with E-state index in [4.69, 9.17) is 9.16 Å². The highest BCUT2D eigenvalue weighted by Crippen LogP contribution is 2.41. The lowest BCUT2D eigenvalue weighted by molar-refractivity contribution is -0.145. The fourth-order valence-electron chi connectivity index (χ4n) is 4.03. The summed E-state index contributed by atoms with van der Waals surface area (Å²) in [6, 6.07) is 21.4. The molecule has 0 aromatic heterocycles. The summed E-state index contributed by atoms with van der Waals surface area (Å²) >= 11 is 0. The molecule has 27 heavy (non-hydrogen) atoms. The molecule has 0 unspecified atom stereocenters. The van der Waals surface area contributed by atoms with E-state index in [0.717, 1.165) is 12.8 Å². The van der Waals surface area contributed by atoms with Gasteiger partial charge in [-0.25, -0.2) is 0 Å². The Labute approximate surface area is 163 Å². The Bertz CT molecular complexity index is 713. The summed E-state index contributed by atoms with van der Waals surface area (Å²) < 4.78 is 12.4. The van der Waals surface area contributed by atoms with Gasteiger partial charge in [-0.05, 0) is 28.3 Å². The number of esters is 1. The maximum Gasteiger partial charge on any atom is 0.302 e. The largest absolute Gasteiger partial charge is 0.465 e. The predicted molar refractivity (Wildman–Crippen MR) is 112 cm³/mol. The zero-order chi connectivity index (χ0) is 19.5. The van der Waals surface area contributed by atoms with Crippen molar-refractivity contribution < 1.29 is 14.0 Å². The van der Waals surface area contributed by atoms with Gasteiger partial charge in [0.2, 0.25) is 0 Å². The van der Waals surface area contributed by atoms with Crippen LogP contribution in [0.1, 0.15) is 40.5 Å². The van der Waals surface area contributed by atoms with Crippen LogP contribution in [-0.4, -0.2) is 27.0 Å². The molecule has 3 rings (SSSR count). The molecule has 144 valence electrons. The van der Waals surface area contributed by atoms with Crippen LogP contribution in [0.25, 0.3) is 0 Å². The second-order valence-electron chi connectivity index (χ2n) is 8.46. The maximum absolute atomic E-state index is 11.2. The van der Waals surface area contributed by atoms with Crippen LogP contribution in [0.4, 0.5) is 0 Å². The molecule has 0 spiro atoms. The normalized spacial score (nSPS) is 20.0. The molecule has 0 radical (unpaired) electrons. The van der Waals surface area contributed by atoms with E-state index >= 15 is 0 Å². The number of carbonyl (C=O) groups is 1. The second-order valence-corrected chi connectivity index (χ2v) is 12.7. The minimum absolute atomic E-state index is 0.0305. The first-order valence-corrected chi connectivity index (χ1v) is 11.7. The van der Waals surface area contributed by atoms with Crippen LogP contribution in [0.5, 0.6) is 0 Å². The third-order valence-corrected chi connectivity index (χ3v) is 10.7. The van der Waals surface area contributed by atoms with E-state index in [1.165, 1.54) is 17.3 Å². The molecule has 2 aromatic rings. The third kappa shape index (κ3) is 4.02. The van der Waals surface area contributed by atoms with Crippen LogP contribution in [0.15, 0.2) is 60.7 Å². The van der Waals surface area contributed by atoms with E-state index in [1.807, 2.05) is 0 Å². The van der Waals surface area contributed by atoms with Crippen molar-refractivity contribution in [3.63, 3.8) is 0 Å². The van der Waals surface area contributed by atoms with Gasteiger partial charge in [0.05, 0.1) is 12.7 Å². The summed E-state index contributed by atoms with van der Waals surface area (Å²) in [4.78, 5) is 11.2. The van der Waals surface area contributed by atoms with E-state index in [1.54, 1.807) is 0 Å². The van der Waals surface area contributed by atoms with Gasteiger partial charge in [-0.3, -0.25) is 4.79 Å². The molecule has 2 atom stereocenters. The molecule has 0 aliphatic heterocycles. The molecule has 0 bridgehead atoms. The standard InChI is InChI=1S/C23H30O3Si/c1-18(24)25-17-19-15-16-22(19)26-27(23(2,3)4,20-11-7-5-8-12-20)21-13-9-6-10-14-21/h5-14,19,22H,15-17H2,1-4H3/t19-,22-/m1/s1.